The standard InChI is InChI=1S/C11H13FO3/c1-3-11(13)15-7-8-4-5-9(12)10(6-8)14-2/h4-6H,3,7H2,1-2H3. The number of methoxy groups -OCH3 is 1. The molecule has 0 spiro atoms. The van der Waals surface area contributed by atoms with E-state index >= 15 is 0 Å². The molecule has 82 valence electrons. The molecule has 0 heterocycles. The number of carbonyl (C=O) groups is 1. The molecule has 0 unspecified atom stereocenters. The molecule has 0 saturated carbocycles. The van der Waals surface area contributed by atoms with Crippen LogP contribution in [0.3, 0.4) is 0 Å². The lowest BCUT2D eigenvalue weighted by Gasteiger charge is -2.06. The fraction of sp³-hybridized carbons (Fsp3) is 0.364. The minimum absolute atomic E-state index is 0.142. The lowest BCUT2D eigenvalue weighted by molar-refractivity contribution is -0.144. The average molecular weight is 212 g/mol. The summed E-state index contributed by atoms with van der Waals surface area (Å²) in [6.45, 7) is 1.86. The minimum atomic E-state index is -0.428. The second kappa shape index (κ2) is 5.34. The van der Waals surface area contributed by atoms with Crippen LogP contribution < -0.4 is 4.74 Å². The van der Waals surface area contributed by atoms with Crippen molar-refractivity contribution in [3.8, 4) is 5.75 Å². The van der Waals surface area contributed by atoms with Gasteiger partial charge in [0.05, 0.1) is 7.11 Å². The predicted molar refractivity (Wildman–Crippen MR) is 53.0 cm³/mol. The van der Waals surface area contributed by atoms with Gasteiger partial charge in [0.2, 0.25) is 0 Å². The number of hydrogen-bond acceptors (Lipinski definition) is 3. The number of carbonyl (C=O) groups excluding carboxylic acids is 1. The van der Waals surface area contributed by atoms with E-state index in [2.05, 4.69) is 0 Å². The molecule has 0 saturated heterocycles. The lowest BCUT2D eigenvalue weighted by Crippen LogP contribution is -2.02. The van der Waals surface area contributed by atoms with E-state index in [-0.39, 0.29) is 18.3 Å². The normalized spacial score (nSPS) is 9.80. The Morgan fingerprint density at radius 2 is 2.20 bits per heavy atom. The van der Waals surface area contributed by atoms with Gasteiger partial charge in [-0.15, -0.1) is 0 Å². The van der Waals surface area contributed by atoms with Gasteiger partial charge >= 0.3 is 5.97 Å². The number of rotatable bonds is 4. The summed E-state index contributed by atoms with van der Waals surface area (Å²) < 4.78 is 22.7. The van der Waals surface area contributed by atoms with Crippen LogP contribution in [0.25, 0.3) is 0 Å². The van der Waals surface area contributed by atoms with Crippen LogP contribution in [-0.4, -0.2) is 13.1 Å². The van der Waals surface area contributed by atoms with Crippen LogP contribution in [0, 0.1) is 5.82 Å². The van der Waals surface area contributed by atoms with Crippen molar-refractivity contribution in [2.75, 3.05) is 7.11 Å². The molecule has 0 N–H and O–H groups in total. The Kier molecular flexibility index (Phi) is 4.09. The first-order chi connectivity index (χ1) is 7.17. The number of esters is 1. The Labute approximate surface area is 87.8 Å². The van der Waals surface area contributed by atoms with Gasteiger partial charge in [0.1, 0.15) is 6.61 Å². The van der Waals surface area contributed by atoms with Crippen molar-refractivity contribution in [1.29, 1.82) is 0 Å². The number of halogens is 1. The first-order valence-corrected chi connectivity index (χ1v) is 4.65. The van der Waals surface area contributed by atoms with E-state index in [1.807, 2.05) is 0 Å². The Balaban J connectivity index is 2.66. The number of hydrogen-bond donors (Lipinski definition) is 0. The maximum atomic E-state index is 13.0. The van der Waals surface area contributed by atoms with Crippen molar-refractivity contribution >= 4 is 5.97 Å². The van der Waals surface area contributed by atoms with E-state index in [0.717, 1.165) is 0 Å². The molecule has 0 aliphatic heterocycles. The molecule has 0 aliphatic rings. The van der Waals surface area contributed by atoms with Gasteiger partial charge in [-0.2, -0.15) is 0 Å². The summed E-state index contributed by atoms with van der Waals surface area (Å²) in [5.74, 6) is -0.554. The monoisotopic (exact) mass is 212 g/mol. The fourth-order valence-corrected chi connectivity index (χ4v) is 1.06. The summed E-state index contributed by atoms with van der Waals surface area (Å²) in [4.78, 5) is 10.9. The highest BCUT2D eigenvalue weighted by molar-refractivity contribution is 5.68. The van der Waals surface area contributed by atoms with Gasteiger partial charge in [-0.25, -0.2) is 4.39 Å². The zero-order valence-corrected chi connectivity index (χ0v) is 8.75. The summed E-state index contributed by atoms with van der Waals surface area (Å²) in [7, 11) is 1.39. The highest BCUT2D eigenvalue weighted by Gasteiger charge is 2.05. The van der Waals surface area contributed by atoms with Crippen LogP contribution >= 0.6 is 0 Å². The molecule has 0 bridgehead atoms. The van der Waals surface area contributed by atoms with E-state index in [0.29, 0.717) is 12.0 Å². The van der Waals surface area contributed by atoms with Crippen LogP contribution in [-0.2, 0) is 16.1 Å². The Hall–Kier alpha value is -1.58. The SMILES string of the molecule is CCC(=O)OCc1ccc(F)c(OC)c1. The number of benzene rings is 1. The predicted octanol–water partition coefficient (Wildman–Crippen LogP) is 2.29. The van der Waals surface area contributed by atoms with Gasteiger partial charge in [-0.3, -0.25) is 4.79 Å². The molecule has 0 amide bonds. The Morgan fingerprint density at radius 1 is 1.47 bits per heavy atom. The highest BCUT2D eigenvalue weighted by atomic mass is 19.1. The second-order valence-corrected chi connectivity index (χ2v) is 2.98. The molecular formula is C11H13FO3. The molecule has 0 aliphatic carbocycles. The fourth-order valence-electron chi connectivity index (χ4n) is 1.06. The summed E-state index contributed by atoms with van der Waals surface area (Å²) in [5, 5.41) is 0. The Bertz CT molecular complexity index is 350. The number of ether oxygens (including phenoxy) is 2. The third-order valence-corrected chi connectivity index (χ3v) is 1.90. The van der Waals surface area contributed by atoms with E-state index in [1.165, 1.54) is 19.2 Å². The van der Waals surface area contributed by atoms with Crippen LogP contribution in [0.15, 0.2) is 18.2 Å². The zero-order chi connectivity index (χ0) is 11.3. The third-order valence-electron chi connectivity index (χ3n) is 1.90. The van der Waals surface area contributed by atoms with Crippen molar-refractivity contribution in [3.05, 3.63) is 29.6 Å². The van der Waals surface area contributed by atoms with Crippen LogP contribution in [0.5, 0.6) is 5.75 Å². The molecule has 1 aromatic carbocycles. The molecule has 0 atom stereocenters. The maximum absolute atomic E-state index is 13.0. The van der Waals surface area contributed by atoms with Crippen molar-refractivity contribution in [1.82, 2.24) is 0 Å². The van der Waals surface area contributed by atoms with Gasteiger partial charge in [0.15, 0.2) is 11.6 Å². The average Bonchev–Trinajstić information content (AvgIpc) is 2.27. The quantitative estimate of drug-likeness (QED) is 0.718. The molecule has 1 aromatic rings. The summed E-state index contributed by atoms with van der Waals surface area (Å²) in [5.41, 5.74) is 0.704. The molecule has 3 nitrogen and oxygen atoms in total. The molecule has 1 rings (SSSR count). The Morgan fingerprint density at radius 3 is 2.80 bits per heavy atom. The topological polar surface area (TPSA) is 35.5 Å². The van der Waals surface area contributed by atoms with Crippen molar-refractivity contribution in [2.24, 2.45) is 0 Å². The molecule has 0 aromatic heterocycles. The summed E-state index contributed by atoms with van der Waals surface area (Å²) in [6, 6.07) is 4.35. The summed E-state index contributed by atoms with van der Waals surface area (Å²) in [6.07, 6.45) is 0.332. The van der Waals surface area contributed by atoms with E-state index in [9.17, 15) is 9.18 Å². The summed E-state index contributed by atoms with van der Waals surface area (Å²) >= 11 is 0. The van der Waals surface area contributed by atoms with E-state index < -0.39 is 5.82 Å². The molecule has 0 radical (unpaired) electrons. The largest absolute Gasteiger partial charge is 0.494 e. The highest BCUT2D eigenvalue weighted by Crippen LogP contribution is 2.18. The lowest BCUT2D eigenvalue weighted by atomic mass is 10.2. The molecule has 4 heteroatoms. The molecular weight excluding hydrogens is 199 g/mol. The van der Waals surface area contributed by atoms with Crippen LogP contribution in [0.4, 0.5) is 4.39 Å². The van der Waals surface area contributed by atoms with E-state index in [1.54, 1.807) is 13.0 Å². The van der Waals surface area contributed by atoms with Crippen LogP contribution in [0.1, 0.15) is 18.9 Å². The molecule has 0 fully saturated rings. The van der Waals surface area contributed by atoms with Crippen molar-refractivity contribution in [2.45, 2.75) is 20.0 Å². The van der Waals surface area contributed by atoms with Gasteiger partial charge in [0.25, 0.3) is 0 Å². The van der Waals surface area contributed by atoms with Gasteiger partial charge in [-0.1, -0.05) is 13.0 Å². The third kappa shape index (κ3) is 3.23. The zero-order valence-electron chi connectivity index (χ0n) is 8.75. The van der Waals surface area contributed by atoms with E-state index in [4.69, 9.17) is 9.47 Å². The first-order valence-electron chi connectivity index (χ1n) is 4.65. The van der Waals surface area contributed by atoms with Gasteiger partial charge in [-0.05, 0) is 17.7 Å². The smallest absolute Gasteiger partial charge is 0.305 e. The van der Waals surface area contributed by atoms with Gasteiger partial charge in [0, 0.05) is 6.42 Å². The van der Waals surface area contributed by atoms with Crippen molar-refractivity contribution in [3.63, 3.8) is 0 Å². The van der Waals surface area contributed by atoms with Crippen LogP contribution in [0.2, 0.25) is 0 Å². The van der Waals surface area contributed by atoms with Gasteiger partial charge < -0.3 is 9.47 Å². The minimum Gasteiger partial charge on any atom is -0.494 e. The second-order valence-electron chi connectivity index (χ2n) is 2.98. The molecule has 15 heavy (non-hydrogen) atoms. The maximum Gasteiger partial charge on any atom is 0.305 e. The first kappa shape index (κ1) is 11.5. The van der Waals surface area contributed by atoms with Crippen molar-refractivity contribution < 1.29 is 18.7 Å².